The minimum Gasteiger partial charge on any atom is -0.481 e. The molecular weight excluding hydrogens is 166 g/mol. The highest BCUT2D eigenvalue weighted by atomic mass is 35.5. The Morgan fingerprint density at radius 3 is 2.27 bits per heavy atom. The van der Waals surface area contributed by atoms with E-state index in [-0.39, 0.29) is 18.3 Å². The minimum atomic E-state index is -0.628. The van der Waals surface area contributed by atoms with Crippen molar-refractivity contribution in [3.8, 4) is 0 Å². The summed E-state index contributed by atoms with van der Waals surface area (Å²) in [6.07, 6.45) is 2.57. The monoisotopic (exact) mass is 177 g/mol. The molecule has 1 saturated carbocycles. The van der Waals surface area contributed by atoms with E-state index in [1.807, 2.05) is 0 Å². The second kappa shape index (κ2) is 2.99. The summed E-state index contributed by atoms with van der Waals surface area (Å²) in [5, 5.41) is 8.53. The van der Waals surface area contributed by atoms with E-state index in [2.05, 4.69) is 4.90 Å². The van der Waals surface area contributed by atoms with Gasteiger partial charge in [-0.3, -0.25) is 9.69 Å². The van der Waals surface area contributed by atoms with Gasteiger partial charge in [-0.25, -0.2) is 0 Å². The number of hydrogen-bond acceptors (Lipinski definition) is 2. The maximum absolute atomic E-state index is 10.3. The third-order valence-corrected chi connectivity index (χ3v) is 2.32. The molecule has 0 aromatic carbocycles. The highest BCUT2D eigenvalue weighted by Crippen LogP contribution is 2.32. The zero-order chi connectivity index (χ0) is 7.14. The molecule has 1 saturated heterocycles. The van der Waals surface area contributed by atoms with Crippen molar-refractivity contribution >= 4 is 18.4 Å². The van der Waals surface area contributed by atoms with Crippen LogP contribution in [0.2, 0.25) is 0 Å². The molecule has 2 rings (SSSR count). The van der Waals surface area contributed by atoms with E-state index in [1.54, 1.807) is 0 Å². The van der Waals surface area contributed by atoms with E-state index in [0.717, 1.165) is 19.1 Å². The molecule has 0 bridgehead atoms. The van der Waals surface area contributed by atoms with Gasteiger partial charge in [0.2, 0.25) is 0 Å². The van der Waals surface area contributed by atoms with Crippen molar-refractivity contribution < 1.29 is 9.90 Å². The Morgan fingerprint density at radius 2 is 1.91 bits per heavy atom. The van der Waals surface area contributed by atoms with Gasteiger partial charge < -0.3 is 5.11 Å². The molecule has 1 heterocycles. The van der Waals surface area contributed by atoms with Crippen LogP contribution in [0.25, 0.3) is 0 Å². The average molecular weight is 178 g/mol. The van der Waals surface area contributed by atoms with Gasteiger partial charge in [-0.05, 0) is 12.8 Å². The van der Waals surface area contributed by atoms with Gasteiger partial charge >= 0.3 is 5.97 Å². The van der Waals surface area contributed by atoms with Gasteiger partial charge in [0.25, 0.3) is 0 Å². The molecule has 2 aliphatic rings. The summed E-state index contributed by atoms with van der Waals surface area (Å²) in [7, 11) is 0. The third kappa shape index (κ3) is 1.65. The molecule has 64 valence electrons. The molecule has 4 heteroatoms. The van der Waals surface area contributed by atoms with Gasteiger partial charge in [0.1, 0.15) is 0 Å². The molecule has 11 heavy (non-hydrogen) atoms. The van der Waals surface area contributed by atoms with Crippen LogP contribution in [0.5, 0.6) is 0 Å². The van der Waals surface area contributed by atoms with Crippen LogP contribution in [0, 0.1) is 5.92 Å². The lowest BCUT2D eigenvalue weighted by Gasteiger charge is -2.36. The molecule has 1 aliphatic carbocycles. The second-order valence-corrected chi connectivity index (χ2v) is 3.22. The molecule has 0 radical (unpaired) electrons. The number of carboxylic acids is 1. The van der Waals surface area contributed by atoms with Gasteiger partial charge in [-0.15, -0.1) is 12.4 Å². The van der Waals surface area contributed by atoms with Crippen molar-refractivity contribution in [2.24, 2.45) is 5.92 Å². The van der Waals surface area contributed by atoms with E-state index in [4.69, 9.17) is 5.11 Å². The predicted octanol–water partition coefficient (Wildman–Crippen LogP) is 0.587. The van der Waals surface area contributed by atoms with Crippen molar-refractivity contribution in [1.82, 2.24) is 4.90 Å². The summed E-state index contributed by atoms with van der Waals surface area (Å²) in [5.74, 6) is -0.697. The molecule has 0 spiro atoms. The fourth-order valence-corrected chi connectivity index (χ4v) is 1.41. The SMILES string of the molecule is Cl.O=C(O)C1CN(C2CC2)C1. The number of aliphatic carboxylic acids is 1. The highest BCUT2D eigenvalue weighted by Gasteiger charge is 2.40. The normalized spacial score (nSPS) is 25.5. The lowest BCUT2D eigenvalue weighted by Crippen LogP contribution is -2.51. The Morgan fingerprint density at radius 1 is 1.36 bits per heavy atom. The van der Waals surface area contributed by atoms with Crippen LogP contribution in [-0.2, 0) is 4.79 Å². The number of hydrogen-bond donors (Lipinski definition) is 1. The van der Waals surface area contributed by atoms with E-state index < -0.39 is 5.97 Å². The zero-order valence-electron chi connectivity index (χ0n) is 6.19. The highest BCUT2D eigenvalue weighted by molar-refractivity contribution is 5.85. The van der Waals surface area contributed by atoms with Crippen molar-refractivity contribution in [3.63, 3.8) is 0 Å². The van der Waals surface area contributed by atoms with Crippen molar-refractivity contribution in [2.45, 2.75) is 18.9 Å². The third-order valence-electron chi connectivity index (χ3n) is 2.32. The molecule has 0 unspecified atom stereocenters. The summed E-state index contributed by atoms with van der Waals surface area (Å²) >= 11 is 0. The van der Waals surface area contributed by atoms with Crippen LogP contribution >= 0.6 is 12.4 Å². The van der Waals surface area contributed by atoms with Crippen LogP contribution < -0.4 is 0 Å². The Balaban J connectivity index is 0.000000605. The zero-order valence-corrected chi connectivity index (χ0v) is 7.01. The Kier molecular flexibility index (Phi) is 2.40. The van der Waals surface area contributed by atoms with Crippen molar-refractivity contribution in [2.75, 3.05) is 13.1 Å². The van der Waals surface area contributed by atoms with Gasteiger partial charge in [-0.1, -0.05) is 0 Å². The van der Waals surface area contributed by atoms with E-state index in [1.165, 1.54) is 12.8 Å². The first-order valence-corrected chi connectivity index (χ1v) is 3.74. The van der Waals surface area contributed by atoms with E-state index in [9.17, 15) is 4.79 Å². The average Bonchev–Trinajstić information content (AvgIpc) is 2.42. The number of halogens is 1. The Bertz CT molecular complexity index is 164. The standard InChI is InChI=1S/C7H11NO2.ClH/c9-7(10)5-3-8(4-5)6-1-2-6;/h5-6H,1-4H2,(H,9,10);1H. The first-order valence-electron chi connectivity index (χ1n) is 3.74. The molecule has 1 N–H and O–H groups in total. The minimum absolute atomic E-state index is 0. The van der Waals surface area contributed by atoms with Gasteiger partial charge in [0.05, 0.1) is 5.92 Å². The van der Waals surface area contributed by atoms with Crippen LogP contribution in [0.4, 0.5) is 0 Å². The summed E-state index contributed by atoms with van der Waals surface area (Å²) in [6, 6.07) is 0.746. The van der Waals surface area contributed by atoms with Crippen LogP contribution in [0.3, 0.4) is 0 Å². The number of rotatable bonds is 2. The van der Waals surface area contributed by atoms with Gasteiger partial charge in [0.15, 0.2) is 0 Å². The van der Waals surface area contributed by atoms with Gasteiger partial charge in [-0.2, -0.15) is 0 Å². The summed E-state index contributed by atoms with van der Waals surface area (Å²) < 4.78 is 0. The maximum Gasteiger partial charge on any atom is 0.309 e. The van der Waals surface area contributed by atoms with Crippen LogP contribution in [0.15, 0.2) is 0 Å². The topological polar surface area (TPSA) is 40.5 Å². The summed E-state index contributed by atoms with van der Waals surface area (Å²) in [4.78, 5) is 12.6. The predicted molar refractivity (Wildman–Crippen MR) is 43.0 cm³/mol. The summed E-state index contributed by atoms with van der Waals surface area (Å²) in [6.45, 7) is 1.58. The molecule has 0 atom stereocenters. The number of nitrogens with zero attached hydrogens (tertiary/aromatic N) is 1. The fourth-order valence-electron chi connectivity index (χ4n) is 1.41. The maximum atomic E-state index is 10.3. The lowest BCUT2D eigenvalue weighted by molar-refractivity contribution is -0.147. The Labute approximate surface area is 71.8 Å². The fraction of sp³-hybridized carbons (Fsp3) is 0.857. The number of carbonyl (C=O) groups is 1. The van der Waals surface area contributed by atoms with Crippen molar-refractivity contribution in [1.29, 1.82) is 0 Å². The molecule has 2 fully saturated rings. The van der Waals surface area contributed by atoms with Crippen LogP contribution in [0.1, 0.15) is 12.8 Å². The number of carboxylic acid groups (broad SMARTS) is 1. The number of likely N-dealkylation sites (tertiary alicyclic amines) is 1. The smallest absolute Gasteiger partial charge is 0.309 e. The molecule has 1 aliphatic heterocycles. The Hall–Kier alpha value is -0.280. The quantitative estimate of drug-likeness (QED) is 0.671. The van der Waals surface area contributed by atoms with E-state index >= 15 is 0 Å². The molecular formula is C7H12ClNO2. The lowest BCUT2D eigenvalue weighted by atomic mass is 10.0. The molecule has 0 aromatic rings. The molecule has 0 amide bonds. The second-order valence-electron chi connectivity index (χ2n) is 3.22. The largest absolute Gasteiger partial charge is 0.481 e. The summed E-state index contributed by atoms with van der Waals surface area (Å²) in [5.41, 5.74) is 0. The van der Waals surface area contributed by atoms with Gasteiger partial charge in [0, 0.05) is 19.1 Å². The first-order chi connectivity index (χ1) is 4.77. The van der Waals surface area contributed by atoms with Crippen molar-refractivity contribution in [3.05, 3.63) is 0 Å². The van der Waals surface area contributed by atoms with E-state index in [0.29, 0.717) is 0 Å². The molecule has 0 aromatic heterocycles. The first kappa shape index (κ1) is 8.81. The molecule has 3 nitrogen and oxygen atoms in total. The van der Waals surface area contributed by atoms with Crippen LogP contribution in [-0.4, -0.2) is 35.1 Å².